The number of methoxy groups -OCH3 is 1. The number of esters is 1. The van der Waals surface area contributed by atoms with E-state index in [1.807, 2.05) is 0 Å². The van der Waals surface area contributed by atoms with Crippen LogP contribution in [-0.4, -0.2) is 24.4 Å². The molecule has 0 aromatic carbocycles. The Balaban J connectivity index is 3.28. The van der Waals surface area contributed by atoms with Crippen molar-refractivity contribution in [3.05, 3.63) is 17.5 Å². The first-order valence-corrected chi connectivity index (χ1v) is 5.07. The van der Waals surface area contributed by atoms with Crippen molar-refractivity contribution in [3.63, 3.8) is 0 Å². The summed E-state index contributed by atoms with van der Waals surface area (Å²) in [6, 6.07) is 0. The number of alkyl halides is 3. The molecule has 0 fully saturated rings. The maximum atomic E-state index is 12.3. The summed E-state index contributed by atoms with van der Waals surface area (Å²) in [7, 11) is 1.11. The van der Waals surface area contributed by atoms with Crippen molar-refractivity contribution in [3.8, 4) is 5.75 Å². The Morgan fingerprint density at radius 2 is 2.11 bits per heavy atom. The highest BCUT2D eigenvalue weighted by molar-refractivity contribution is 5.76. The number of rotatable bonds is 4. The van der Waals surface area contributed by atoms with Crippen LogP contribution in [0.5, 0.6) is 5.75 Å². The molecule has 0 bridgehead atoms. The molecule has 0 amide bonds. The monoisotopic (exact) mass is 279 g/mol. The molecule has 4 N–H and O–H groups in total. The first kappa shape index (κ1) is 15.0. The van der Waals surface area contributed by atoms with Gasteiger partial charge < -0.3 is 20.9 Å². The second-order valence-corrected chi connectivity index (χ2v) is 3.47. The van der Waals surface area contributed by atoms with Gasteiger partial charge in [-0.1, -0.05) is 0 Å². The molecule has 0 saturated carbocycles. The highest BCUT2D eigenvalue weighted by Gasteiger charge is 2.34. The summed E-state index contributed by atoms with van der Waals surface area (Å²) < 4.78 is 45.3. The minimum absolute atomic E-state index is 0.109. The number of hydrogen-bond donors (Lipinski definition) is 2. The van der Waals surface area contributed by atoms with Gasteiger partial charge in [0.25, 0.3) is 0 Å². The van der Waals surface area contributed by atoms with E-state index in [1.165, 1.54) is 0 Å². The summed E-state index contributed by atoms with van der Waals surface area (Å²) in [5.74, 6) is -1.41. The van der Waals surface area contributed by atoms with Gasteiger partial charge in [-0.05, 0) is 0 Å². The van der Waals surface area contributed by atoms with Crippen molar-refractivity contribution in [2.75, 3.05) is 12.8 Å². The zero-order chi connectivity index (χ0) is 14.6. The van der Waals surface area contributed by atoms with E-state index in [2.05, 4.69) is 14.5 Å². The quantitative estimate of drug-likeness (QED) is 0.788. The van der Waals surface area contributed by atoms with Gasteiger partial charge in [-0.25, -0.2) is 0 Å². The van der Waals surface area contributed by atoms with Gasteiger partial charge in [0, 0.05) is 12.1 Å². The second-order valence-electron chi connectivity index (χ2n) is 3.47. The van der Waals surface area contributed by atoms with Gasteiger partial charge in [0.05, 0.1) is 31.1 Å². The zero-order valence-corrected chi connectivity index (χ0v) is 9.95. The Morgan fingerprint density at radius 1 is 1.47 bits per heavy atom. The van der Waals surface area contributed by atoms with E-state index >= 15 is 0 Å². The van der Waals surface area contributed by atoms with Crippen LogP contribution in [-0.2, 0) is 22.5 Å². The maximum Gasteiger partial charge on any atom is 0.573 e. The van der Waals surface area contributed by atoms with E-state index < -0.39 is 24.5 Å². The Morgan fingerprint density at radius 3 is 2.58 bits per heavy atom. The van der Waals surface area contributed by atoms with Gasteiger partial charge in [-0.2, -0.15) is 0 Å². The van der Waals surface area contributed by atoms with Crippen LogP contribution < -0.4 is 16.2 Å². The third kappa shape index (κ3) is 3.98. The van der Waals surface area contributed by atoms with Crippen molar-refractivity contribution >= 4 is 11.7 Å². The third-order valence-electron chi connectivity index (χ3n) is 2.20. The molecule has 0 aliphatic heterocycles. The number of nitrogen functional groups attached to an aromatic ring is 1. The molecule has 0 saturated heterocycles. The molecular formula is C10H12F3N3O3. The SMILES string of the molecule is COC(=O)Cc1c(N)cnc(CN)c1OC(F)(F)F. The second kappa shape index (κ2) is 5.74. The Hall–Kier alpha value is -2.03. The number of nitrogens with two attached hydrogens (primary N) is 2. The number of halogens is 3. The van der Waals surface area contributed by atoms with Gasteiger partial charge in [-0.15, -0.1) is 13.2 Å². The maximum absolute atomic E-state index is 12.3. The number of ether oxygens (including phenoxy) is 2. The van der Waals surface area contributed by atoms with Crippen LogP contribution in [0, 0.1) is 0 Å². The molecule has 9 heteroatoms. The number of carbonyl (C=O) groups is 1. The number of nitrogens with zero attached hydrogens (tertiary/aromatic N) is 1. The van der Waals surface area contributed by atoms with E-state index in [1.54, 1.807) is 0 Å². The smallest absolute Gasteiger partial charge is 0.469 e. The Kier molecular flexibility index (Phi) is 4.54. The predicted octanol–water partition coefficient (Wildman–Crippen LogP) is 0.737. The summed E-state index contributed by atoms with van der Waals surface area (Å²) in [5, 5.41) is 0. The third-order valence-corrected chi connectivity index (χ3v) is 2.20. The fourth-order valence-electron chi connectivity index (χ4n) is 1.37. The number of hydrogen-bond acceptors (Lipinski definition) is 6. The zero-order valence-electron chi connectivity index (χ0n) is 9.95. The molecule has 0 aliphatic rings. The first-order valence-electron chi connectivity index (χ1n) is 5.07. The predicted molar refractivity (Wildman–Crippen MR) is 58.9 cm³/mol. The van der Waals surface area contributed by atoms with Gasteiger partial charge in [0.2, 0.25) is 0 Å². The fourth-order valence-corrected chi connectivity index (χ4v) is 1.37. The molecule has 0 atom stereocenters. The molecule has 1 heterocycles. The standard InChI is InChI=1S/C10H12F3N3O3/c1-18-8(17)2-5-6(15)4-16-7(3-14)9(5)19-10(11,12)13/h4H,2-3,14-15H2,1H3. The Labute approximate surface area is 106 Å². The van der Waals surface area contributed by atoms with Gasteiger partial charge in [0.15, 0.2) is 5.75 Å². The van der Waals surface area contributed by atoms with E-state index in [9.17, 15) is 18.0 Å². The summed E-state index contributed by atoms with van der Waals surface area (Å²) in [6.07, 6.45) is -4.29. The summed E-state index contributed by atoms with van der Waals surface area (Å²) in [6.45, 7) is -0.292. The van der Waals surface area contributed by atoms with E-state index in [0.29, 0.717) is 0 Å². The molecule has 1 aromatic rings. The lowest BCUT2D eigenvalue weighted by Gasteiger charge is -2.16. The summed E-state index contributed by atoms with van der Waals surface area (Å²) in [5.41, 5.74) is 10.4. The lowest BCUT2D eigenvalue weighted by Crippen LogP contribution is -2.22. The summed E-state index contributed by atoms with van der Waals surface area (Å²) >= 11 is 0. The number of carbonyl (C=O) groups excluding carboxylic acids is 1. The lowest BCUT2D eigenvalue weighted by atomic mass is 10.1. The first-order chi connectivity index (χ1) is 8.78. The fraction of sp³-hybridized carbons (Fsp3) is 0.400. The average Bonchev–Trinajstić information content (AvgIpc) is 2.32. The Bertz CT molecular complexity index is 477. The minimum atomic E-state index is -4.94. The van der Waals surface area contributed by atoms with Crippen LogP contribution in [0.4, 0.5) is 18.9 Å². The van der Waals surface area contributed by atoms with Crippen LogP contribution >= 0.6 is 0 Å². The normalized spacial score (nSPS) is 11.2. The van der Waals surface area contributed by atoms with Crippen molar-refractivity contribution in [2.24, 2.45) is 5.73 Å². The molecule has 0 spiro atoms. The van der Waals surface area contributed by atoms with Crippen LogP contribution in [0.3, 0.4) is 0 Å². The van der Waals surface area contributed by atoms with E-state index in [-0.39, 0.29) is 23.5 Å². The van der Waals surface area contributed by atoms with Crippen molar-refractivity contribution in [1.29, 1.82) is 0 Å². The molecule has 0 unspecified atom stereocenters. The number of aromatic nitrogens is 1. The van der Waals surface area contributed by atoms with Crippen LogP contribution in [0.2, 0.25) is 0 Å². The van der Waals surface area contributed by atoms with E-state index in [4.69, 9.17) is 11.5 Å². The molecule has 0 aliphatic carbocycles. The molecular weight excluding hydrogens is 267 g/mol. The largest absolute Gasteiger partial charge is 0.573 e. The highest BCUT2D eigenvalue weighted by Crippen LogP contribution is 2.32. The molecule has 0 radical (unpaired) electrons. The highest BCUT2D eigenvalue weighted by atomic mass is 19.4. The number of anilines is 1. The van der Waals surface area contributed by atoms with Crippen molar-refractivity contribution in [1.82, 2.24) is 4.98 Å². The number of pyridine rings is 1. The van der Waals surface area contributed by atoms with Crippen molar-refractivity contribution < 1.29 is 27.4 Å². The van der Waals surface area contributed by atoms with Gasteiger partial charge >= 0.3 is 12.3 Å². The molecule has 19 heavy (non-hydrogen) atoms. The van der Waals surface area contributed by atoms with Crippen molar-refractivity contribution in [2.45, 2.75) is 19.3 Å². The molecule has 6 nitrogen and oxygen atoms in total. The molecule has 106 valence electrons. The van der Waals surface area contributed by atoms with Gasteiger partial charge in [0.1, 0.15) is 0 Å². The van der Waals surface area contributed by atoms with Crippen LogP contribution in [0.1, 0.15) is 11.3 Å². The topological polar surface area (TPSA) is 100 Å². The van der Waals surface area contributed by atoms with E-state index in [0.717, 1.165) is 13.3 Å². The average molecular weight is 279 g/mol. The lowest BCUT2D eigenvalue weighted by molar-refractivity contribution is -0.275. The van der Waals surface area contributed by atoms with Gasteiger partial charge in [-0.3, -0.25) is 9.78 Å². The summed E-state index contributed by atoms with van der Waals surface area (Å²) in [4.78, 5) is 14.8. The van der Waals surface area contributed by atoms with Crippen LogP contribution in [0.15, 0.2) is 6.20 Å². The molecule has 1 rings (SSSR count). The minimum Gasteiger partial charge on any atom is -0.469 e. The van der Waals surface area contributed by atoms with Crippen LogP contribution in [0.25, 0.3) is 0 Å². The molecule has 1 aromatic heterocycles.